The predicted octanol–water partition coefficient (Wildman–Crippen LogP) is 4.80. The van der Waals surface area contributed by atoms with Crippen LogP contribution in [-0.4, -0.2) is 123 Å². The van der Waals surface area contributed by atoms with Crippen LogP contribution in [0.1, 0.15) is 103 Å². The summed E-state index contributed by atoms with van der Waals surface area (Å²) in [5, 5.41) is 11.7. The predicted molar refractivity (Wildman–Crippen MR) is 222 cm³/mol. The summed E-state index contributed by atoms with van der Waals surface area (Å²) >= 11 is 0. The molecule has 60 heavy (non-hydrogen) atoms. The number of fused-ring (bicyclic) bond motifs is 2. The fourth-order valence-electron chi connectivity index (χ4n) is 9.64. The van der Waals surface area contributed by atoms with E-state index in [1.807, 2.05) is 12.3 Å². The van der Waals surface area contributed by atoms with Crippen LogP contribution in [0, 0.1) is 11.7 Å². The van der Waals surface area contributed by atoms with E-state index in [0.29, 0.717) is 29.1 Å². The van der Waals surface area contributed by atoms with Gasteiger partial charge in [0, 0.05) is 70.8 Å². The van der Waals surface area contributed by atoms with Gasteiger partial charge in [-0.3, -0.25) is 34.1 Å². The Morgan fingerprint density at radius 1 is 0.867 bits per heavy atom. The zero-order valence-electron chi connectivity index (χ0n) is 34.4. The molecule has 5 aliphatic heterocycles. The smallest absolute Gasteiger partial charge is 0.262 e. The second-order valence-corrected chi connectivity index (χ2v) is 17.1. The van der Waals surface area contributed by atoms with Gasteiger partial charge in [0.15, 0.2) is 5.82 Å². The Kier molecular flexibility index (Phi) is 11.0. The number of anilines is 4. The summed E-state index contributed by atoms with van der Waals surface area (Å²) in [4.78, 5) is 72.7. The lowest BCUT2D eigenvalue weighted by Crippen LogP contribution is -2.54. The van der Waals surface area contributed by atoms with Crippen LogP contribution in [0.25, 0.3) is 10.9 Å². The van der Waals surface area contributed by atoms with Crippen LogP contribution in [-0.2, 0) is 14.3 Å². The number of halogens is 1. The highest BCUT2D eigenvalue weighted by molar-refractivity contribution is 6.23. The lowest BCUT2D eigenvalue weighted by molar-refractivity contribution is -0.136. The van der Waals surface area contributed by atoms with Crippen molar-refractivity contribution in [2.45, 2.75) is 89.3 Å². The normalized spacial score (nSPS) is 21.4. The van der Waals surface area contributed by atoms with Crippen LogP contribution in [0.2, 0.25) is 0 Å². The Morgan fingerprint density at radius 2 is 1.58 bits per heavy atom. The van der Waals surface area contributed by atoms with Crippen molar-refractivity contribution in [2.24, 2.45) is 5.92 Å². The number of likely N-dealkylation sites (tertiary alicyclic amines) is 1. The van der Waals surface area contributed by atoms with Crippen LogP contribution in [0.15, 0.2) is 36.7 Å². The fourth-order valence-corrected chi connectivity index (χ4v) is 9.64. The second-order valence-electron chi connectivity index (χ2n) is 17.1. The van der Waals surface area contributed by atoms with E-state index >= 15 is 4.39 Å². The van der Waals surface area contributed by atoms with Crippen LogP contribution in [0.3, 0.4) is 0 Å². The number of hydrogen-bond donors (Lipinski definition) is 2. The fraction of sp³-hybridized carbons (Fsp3) is 0.535. The first-order chi connectivity index (χ1) is 29.0. The average Bonchev–Trinajstić information content (AvgIpc) is 3.75. The summed E-state index contributed by atoms with van der Waals surface area (Å²) in [6.45, 7) is 10.3. The number of benzene rings is 1. The molecule has 2 N–H and O–H groups in total. The number of nitrogens with one attached hydrogen (secondary N) is 2. The molecule has 0 aliphatic carbocycles. The lowest BCUT2D eigenvalue weighted by atomic mass is 9.86. The Labute approximate surface area is 347 Å². The van der Waals surface area contributed by atoms with E-state index in [9.17, 15) is 19.2 Å². The summed E-state index contributed by atoms with van der Waals surface area (Å²) in [5.41, 5.74) is 1.55. The zero-order chi connectivity index (χ0) is 41.7. The van der Waals surface area contributed by atoms with E-state index < -0.39 is 35.5 Å². The highest BCUT2D eigenvalue weighted by Gasteiger charge is 2.45. The number of methoxy groups -OCH3 is 1. The highest BCUT2D eigenvalue weighted by Crippen LogP contribution is 2.37. The molecule has 1 unspecified atom stereocenters. The maximum atomic E-state index is 15.6. The Balaban J connectivity index is 0.799. The molecule has 1 aromatic carbocycles. The maximum Gasteiger partial charge on any atom is 0.262 e. The Bertz CT molecular complexity index is 2310. The standard InChI is InChI=1S/C43H52FN11O5/c1-25(2)55-35-22-37(47-36-6-13-45-43(48-36)53-18-11-28(60-3)12-19-53)46-23-32(35)39(50-55)52-16-7-26(8-17-52)24-51-14-9-27(10-15-51)29-20-30-31(21-33(29)44)42(59)54(41(30)58)34-4-5-38(56)49-40(34)57/h6,13,20-23,25-28,34H,4-5,7-12,14-19,24H2,1-3H3,(H,49,56,57)(H,45,46,47,48). The Hall–Kier alpha value is -5.55. The van der Waals surface area contributed by atoms with E-state index in [2.05, 4.69) is 54.9 Å². The molecule has 17 heteroatoms. The van der Waals surface area contributed by atoms with Crippen molar-refractivity contribution in [3.8, 4) is 0 Å². The van der Waals surface area contributed by atoms with Gasteiger partial charge in [-0.2, -0.15) is 10.1 Å². The lowest BCUT2D eigenvalue weighted by Gasteiger charge is -2.38. The third-order valence-electron chi connectivity index (χ3n) is 13.0. The molecule has 316 valence electrons. The first kappa shape index (κ1) is 39.9. The minimum Gasteiger partial charge on any atom is -0.381 e. The quantitative estimate of drug-likeness (QED) is 0.210. The first-order valence-electron chi connectivity index (χ1n) is 21.3. The molecule has 4 aromatic rings. The summed E-state index contributed by atoms with van der Waals surface area (Å²) in [6.07, 6.45) is 9.50. The molecular formula is C43H52FN11O5. The van der Waals surface area contributed by atoms with Crippen molar-refractivity contribution in [3.05, 3.63) is 59.2 Å². The molecule has 0 bridgehead atoms. The number of nitrogens with zero attached hydrogens (tertiary/aromatic N) is 9. The van der Waals surface area contributed by atoms with Crippen molar-refractivity contribution < 1.29 is 28.3 Å². The van der Waals surface area contributed by atoms with E-state index in [1.54, 1.807) is 13.3 Å². The number of ether oxygens (including phenoxy) is 1. The van der Waals surface area contributed by atoms with E-state index in [0.717, 1.165) is 112 Å². The van der Waals surface area contributed by atoms with Gasteiger partial charge >= 0.3 is 0 Å². The van der Waals surface area contributed by atoms with Crippen LogP contribution in [0.5, 0.6) is 0 Å². The number of hydrogen-bond acceptors (Lipinski definition) is 13. The molecule has 0 saturated carbocycles. The summed E-state index contributed by atoms with van der Waals surface area (Å²) in [6, 6.07) is 5.65. The molecule has 1 atom stereocenters. The first-order valence-corrected chi connectivity index (χ1v) is 21.3. The van der Waals surface area contributed by atoms with Gasteiger partial charge in [-0.05, 0) is 107 Å². The number of aromatic nitrogens is 5. The van der Waals surface area contributed by atoms with Gasteiger partial charge in [-0.15, -0.1) is 0 Å². The number of carbonyl (C=O) groups excluding carboxylic acids is 4. The topological polar surface area (TPSA) is 171 Å². The minimum atomic E-state index is -1.08. The van der Waals surface area contributed by atoms with Gasteiger partial charge in [0.1, 0.15) is 23.5 Å². The van der Waals surface area contributed by atoms with Crippen molar-refractivity contribution in [3.63, 3.8) is 0 Å². The van der Waals surface area contributed by atoms with E-state index in [1.165, 1.54) is 6.07 Å². The number of amides is 4. The van der Waals surface area contributed by atoms with Gasteiger partial charge in [0.25, 0.3) is 11.8 Å². The number of rotatable bonds is 10. The molecule has 0 spiro atoms. The monoisotopic (exact) mass is 821 g/mol. The van der Waals surface area contributed by atoms with Crippen LogP contribution < -0.4 is 20.4 Å². The van der Waals surface area contributed by atoms with Gasteiger partial charge < -0.3 is 24.8 Å². The van der Waals surface area contributed by atoms with Gasteiger partial charge in [-0.25, -0.2) is 14.4 Å². The van der Waals surface area contributed by atoms with Crippen molar-refractivity contribution >= 4 is 57.9 Å². The number of pyridine rings is 1. The van der Waals surface area contributed by atoms with Gasteiger partial charge in [-0.1, -0.05) is 0 Å². The summed E-state index contributed by atoms with van der Waals surface area (Å²) < 4.78 is 23.2. The maximum absolute atomic E-state index is 15.6. The largest absolute Gasteiger partial charge is 0.381 e. The summed E-state index contributed by atoms with van der Waals surface area (Å²) in [5.74, 6) is 0.540. The van der Waals surface area contributed by atoms with Crippen LogP contribution in [0.4, 0.5) is 27.8 Å². The molecule has 5 aliphatic rings. The minimum absolute atomic E-state index is 0.0288. The molecule has 4 fully saturated rings. The van der Waals surface area contributed by atoms with Crippen molar-refractivity contribution in [1.29, 1.82) is 0 Å². The second kappa shape index (κ2) is 16.5. The Morgan fingerprint density at radius 3 is 2.28 bits per heavy atom. The van der Waals surface area contributed by atoms with Gasteiger partial charge in [0.05, 0.1) is 28.1 Å². The molecule has 9 rings (SSSR count). The van der Waals surface area contributed by atoms with Crippen molar-refractivity contribution in [1.82, 2.24) is 39.8 Å². The molecule has 0 radical (unpaired) electrons. The molecule has 3 aromatic heterocycles. The molecule has 8 heterocycles. The molecule has 4 amide bonds. The van der Waals surface area contributed by atoms with E-state index in [4.69, 9.17) is 19.8 Å². The van der Waals surface area contributed by atoms with Crippen molar-refractivity contribution in [2.75, 3.05) is 68.0 Å². The number of carbonyl (C=O) groups is 4. The van der Waals surface area contributed by atoms with Crippen LogP contribution >= 0.6 is 0 Å². The SMILES string of the molecule is COC1CCN(c2nccc(Nc3cc4c(cn3)c(N3CCC(CN5CCC(c6cc7c(cc6F)C(=O)N(C6CCC(=O)NC6=O)C7=O)CC5)CC3)nn4C(C)C)n2)CC1. The van der Waals surface area contributed by atoms with E-state index in [-0.39, 0.29) is 42.0 Å². The third kappa shape index (κ3) is 7.68. The molecule has 16 nitrogen and oxygen atoms in total. The summed E-state index contributed by atoms with van der Waals surface area (Å²) in [7, 11) is 1.77. The number of piperidine rings is 4. The van der Waals surface area contributed by atoms with Gasteiger partial charge in [0.2, 0.25) is 17.8 Å². The third-order valence-corrected chi connectivity index (χ3v) is 13.0. The zero-order valence-corrected chi connectivity index (χ0v) is 34.4. The number of imide groups is 2. The highest BCUT2D eigenvalue weighted by atomic mass is 19.1. The molecule has 4 saturated heterocycles. The molecular weight excluding hydrogens is 770 g/mol. The average molecular weight is 822 g/mol.